The fourth-order valence-electron chi connectivity index (χ4n) is 1.55. The highest BCUT2D eigenvalue weighted by atomic mass is 16.7. The lowest BCUT2D eigenvalue weighted by Gasteiger charge is -2.34. The first-order chi connectivity index (χ1) is 8.19. The maximum Gasteiger partial charge on any atom is 0.275 e. The van der Waals surface area contributed by atoms with Crippen molar-refractivity contribution in [2.75, 3.05) is 26.3 Å². The minimum absolute atomic E-state index is 0.188. The van der Waals surface area contributed by atoms with Gasteiger partial charge in [-0.1, -0.05) is 0 Å². The monoisotopic (exact) mass is 246 g/mol. The van der Waals surface area contributed by atoms with Crippen LogP contribution >= 0.6 is 0 Å². The summed E-state index contributed by atoms with van der Waals surface area (Å²) in [7, 11) is 0. The number of hydrogen-bond donors (Lipinski definition) is 1. The predicted molar refractivity (Wildman–Crippen MR) is 60.8 cm³/mol. The molecule has 1 aliphatic heterocycles. The van der Waals surface area contributed by atoms with Crippen molar-refractivity contribution in [2.45, 2.75) is 26.7 Å². The first-order valence-corrected chi connectivity index (χ1v) is 5.65. The third-order valence-corrected chi connectivity index (χ3v) is 2.18. The van der Waals surface area contributed by atoms with Crippen LogP contribution in [0, 0.1) is 10.1 Å². The van der Waals surface area contributed by atoms with Gasteiger partial charge < -0.3 is 14.8 Å². The van der Waals surface area contributed by atoms with E-state index in [0.29, 0.717) is 26.3 Å². The Morgan fingerprint density at radius 2 is 2.18 bits per heavy atom. The molecule has 0 spiro atoms. The van der Waals surface area contributed by atoms with Crippen LogP contribution in [0.15, 0.2) is 5.10 Å². The average molecular weight is 246 g/mol. The molecule has 0 aromatic rings. The number of guanidine groups is 1. The second kappa shape index (κ2) is 7.02. The second-order valence-corrected chi connectivity index (χ2v) is 3.35. The van der Waals surface area contributed by atoms with Crippen molar-refractivity contribution in [2.24, 2.45) is 5.10 Å². The highest BCUT2D eigenvalue weighted by molar-refractivity contribution is 5.80. The van der Waals surface area contributed by atoms with E-state index in [-0.39, 0.29) is 5.96 Å². The maximum atomic E-state index is 10.4. The summed E-state index contributed by atoms with van der Waals surface area (Å²) in [5.41, 5.74) is 0. The number of hydrogen-bond acceptors (Lipinski definition) is 4. The molecule has 1 N–H and O–H groups in total. The Morgan fingerprint density at radius 1 is 1.53 bits per heavy atom. The third-order valence-electron chi connectivity index (χ3n) is 2.18. The van der Waals surface area contributed by atoms with E-state index < -0.39 is 11.4 Å². The molecule has 0 radical (unpaired) electrons. The molecule has 1 rings (SSSR count). The lowest BCUT2D eigenvalue weighted by Crippen LogP contribution is -2.54. The van der Waals surface area contributed by atoms with Crippen LogP contribution < -0.4 is 5.32 Å². The second-order valence-electron chi connectivity index (χ2n) is 3.35. The van der Waals surface area contributed by atoms with E-state index in [2.05, 4.69) is 10.4 Å². The van der Waals surface area contributed by atoms with E-state index in [1.165, 1.54) is 0 Å². The molecule has 0 saturated carbocycles. The van der Waals surface area contributed by atoms with Crippen molar-refractivity contribution in [1.29, 1.82) is 0 Å². The number of rotatable bonds is 6. The number of nitro groups is 1. The Labute approximate surface area is 99.7 Å². The van der Waals surface area contributed by atoms with Crippen molar-refractivity contribution >= 4 is 5.96 Å². The summed E-state index contributed by atoms with van der Waals surface area (Å²) >= 11 is 0. The highest BCUT2D eigenvalue weighted by Crippen LogP contribution is 2.09. The molecule has 0 aliphatic carbocycles. The molecule has 0 amide bonds. The maximum absolute atomic E-state index is 10.4. The molecule has 1 aliphatic rings. The van der Waals surface area contributed by atoms with Crippen molar-refractivity contribution in [3.05, 3.63) is 10.1 Å². The summed E-state index contributed by atoms with van der Waals surface area (Å²) in [6, 6.07) is 0. The van der Waals surface area contributed by atoms with Crippen molar-refractivity contribution in [3.8, 4) is 0 Å². The van der Waals surface area contributed by atoms with E-state index >= 15 is 0 Å². The minimum Gasteiger partial charge on any atom is -0.351 e. The zero-order valence-corrected chi connectivity index (χ0v) is 10.1. The molecule has 8 heteroatoms. The molecule has 0 atom stereocenters. The topological polar surface area (TPSA) is 89.2 Å². The molecule has 1 heterocycles. The fraction of sp³-hybridized carbons (Fsp3) is 0.889. The molecule has 1 saturated heterocycles. The zero-order chi connectivity index (χ0) is 12.7. The SMILES string of the molecule is CCOC(OCC)N1CCCN/C1=N/[N+](=O)[O-]. The van der Waals surface area contributed by atoms with Gasteiger partial charge in [-0.15, -0.1) is 0 Å². The molecule has 8 nitrogen and oxygen atoms in total. The standard InChI is InChI=1S/C9H18N4O4/c1-3-16-9(17-4-2)12-7-5-6-10-8(12)11-13(14)15/h9H,3-7H2,1-2H3,(H,10,11). The number of hydrazone groups is 1. The Kier molecular flexibility index (Phi) is 5.64. The number of nitrogens with one attached hydrogen (secondary N) is 1. The van der Waals surface area contributed by atoms with E-state index in [1.807, 2.05) is 13.8 Å². The summed E-state index contributed by atoms with van der Waals surface area (Å²) in [6.45, 7) is 5.89. The molecular formula is C9H18N4O4. The predicted octanol–water partition coefficient (Wildman–Crippen LogP) is 0.186. The van der Waals surface area contributed by atoms with Gasteiger partial charge in [0.1, 0.15) is 5.10 Å². The Hall–Kier alpha value is -1.41. The number of nitrogens with zero attached hydrogens (tertiary/aromatic N) is 3. The van der Waals surface area contributed by atoms with E-state index in [0.717, 1.165) is 6.42 Å². The Balaban J connectivity index is 2.76. The molecule has 0 unspecified atom stereocenters. The molecule has 0 aromatic heterocycles. The zero-order valence-electron chi connectivity index (χ0n) is 10.1. The van der Waals surface area contributed by atoms with E-state index in [9.17, 15) is 10.1 Å². The van der Waals surface area contributed by atoms with Crippen LogP contribution in [0.5, 0.6) is 0 Å². The first-order valence-electron chi connectivity index (χ1n) is 5.65. The van der Waals surface area contributed by atoms with Crippen LogP contribution in [0.3, 0.4) is 0 Å². The summed E-state index contributed by atoms with van der Waals surface area (Å²) in [6.07, 6.45) is 0.226. The van der Waals surface area contributed by atoms with Crippen LogP contribution in [0.2, 0.25) is 0 Å². The normalized spacial score (nSPS) is 18.5. The van der Waals surface area contributed by atoms with Crippen molar-refractivity contribution in [1.82, 2.24) is 10.2 Å². The molecule has 1 fully saturated rings. The lowest BCUT2D eigenvalue weighted by molar-refractivity contribution is -0.486. The smallest absolute Gasteiger partial charge is 0.275 e. The molecule has 0 aromatic carbocycles. The Morgan fingerprint density at radius 3 is 2.71 bits per heavy atom. The Bertz CT molecular complexity index is 278. The highest BCUT2D eigenvalue weighted by Gasteiger charge is 2.27. The van der Waals surface area contributed by atoms with Gasteiger partial charge in [0, 0.05) is 26.3 Å². The summed E-state index contributed by atoms with van der Waals surface area (Å²) in [4.78, 5) is 12.0. The van der Waals surface area contributed by atoms with Gasteiger partial charge in [-0.3, -0.25) is 4.90 Å². The third kappa shape index (κ3) is 4.16. The molecule has 17 heavy (non-hydrogen) atoms. The molecule has 98 valence electrons. The van der Waals surface area contributed by atoms with Gasteiger partial charge in [0.05, 0.1) is 0 Å². The average Bonchev–Trinajstić information content (AvgIpc) is 2.29. The molecule has 0 bridgehead atoms. The van der Waals surface area contributed by atoms with Crippen LogP contribution in [0.25, 0.3) is 0 Å². The van der Waals surface area contributed by atoms with Gasteiger partial charge in [-0.25, -0.2) is 10.1 Å². The summed E-state index contributed by atoms with van der Waals surface area (Å²) in [5, 5.41) is 15.9. The summed E-state index contributed by atoms with van der Waals surface area (Å²) < 4.78 is 10.8. The van der Waals surface area contributed by atoms with Crippen molar-refractivity contribution in [3.63, 3.8) is 0 Å². The van der Waals surface area contributed by atoms with Crippen LogP contribution in [-0.2, 0) is 9.47 Å². The van der Waals surface area contributed by atoms with E-state index in [1.54, 1.807) is 4.90 Å². The van der Waals surface area contributed by atoms with Crippen LogP contribution in [-0.4, -0.2) is 48.6 Å². The van der Waals surface area contributed by atoms with Gasteiger partial charge >= 0.3 is 0 Å². The van der Waals surface area contributed by atoms with Gasteiger partial charge in [0.2, 0.25) is 6.41 Å². The van der Waals surface area contributed by atoms with Gasteiger partial charge in [-0.2, -0.15) is 0 Å². The van der Waals surface area contributed by atoms with Crippen LogP contribution in [0.1, 0.15) is 20.3 Å². The largest absolute Gasteiger partial charge is 0.351 e. The minimum atomic E-state index is -0.727. The van der Waals surface area contributed by atoms with E-state index in [4.69, 9.17) is 9.47 Å². The number of ether oxygens (including phenoxy) is 2. The first kappa shape index (κ1) is 13.7. The lowest BCUT2D eigenvalue weighted by atomic mass is 10.3. The molecular weight excluding hydrogens is 228 g/mol. The van der Waals surface area contributed by atoms with Crippen molar-refractivity contribution < 1.29 is 14.5 Å². The quantitative estimate of drug-likeness (QED) is 0.408. The van der Waals surface area contributed by atoms with Gasteiger partial charge in [0.15, 0.2) is 5.03 Å². The summed E-state index contributed by atoms with van der Waals surface area (Å²) in [5.74, 6) is 0.188. The fourth-order valence-corrected chi connectivity index (χ4v) is 1.55. The van der Waals surface area contributed by atoms with Crippen LogP contribution in [0.4, 0.5) is 0 Å². The van der Waals surface area contributed by atoms with Gasteiger partial charge in [0.25, 0.3) is 5.96 Å². The van der Waals surface area contributed by atoms with Gasteiger partial charge in [-0.05, 0) is 20.3 Å².